The average Bonchev–Trinajstić information content (AvgIpc) is 2.14. The molecule has 0 aromatic carbocycles. The fraction of sp³-hybridized carbons (Fsp3) is 0.833. The van der Waals surface area contributed by atoms with Gasteiger partial charge in [-0.3, -0.25) is 0 Å². The highest BCUT2D eigenvalue weighted by Gasteiger charge is 2.25. The average molecular weight is 116 g/mol. The van der Waals surface area contributed by atoms with Gasteiger partial charge in [0.2, 0.25) is 0 Å². The quantitative estimate of drug-likeness (QED) is 0.472. The molecule has 0 spiro atoms. The maximum atomic E-state index is 12.4. The predicted octanol–water partition coefficient (Wildman–Crippen LogP) is 1.32. The van der Waals surface area contributed by atoms with Crippen LogP contribution in [0.15, 0.2) is 0 Å². The predicted molar refractivity (Wildman–Crippen MR) is 28.3 cm³/mol. The minimum atomic E-state index is -0.840. The van der Waals surface area contributed by atoms with Crippen molar-refractivity contribution in [1.82, 2.24) is 0 Å². The Morgan fingerprint density at radius 3 is 2.50 bits per heavy atom. The van der Waals surface area contributed by atoms with Crippen LogP contribution in [0.2, 0.25) is 0 Å². The maximum absolute atomic E-state index is 12.4. The lowest BCUT2D eigenvalue weighted by Crippen LogP contribution is -2.08. The van der Waals surface area contributed by atoms with Crippen LogP contribution in [-0.2, 0) is 4.79 Å². The molecular weight excluding hydrogens is 107 g/mol. The van der Waals surface area contributed by atoms with Crippen molar-refractivity contribution in [2.45, 2.75) is 25.4 Å². The van der Waals surface area contributed by atoms with Gasteiger partial charge in [0, 0.05) is 5.92 Å². The molecule has 2 unspecified atom stereocenters. The number of hydrogen-bond donors (Lipinski definition) is 0. The zero-order chi connectivity index (χ0) is 5.98. The largest absolute Gasteiger partial charge is 0.303 e. The highest BCUT2D eigenvalue weighted by molar-refractivity contribution is 5.54. The van der Waals surface area contributed by atoms with Gasteiger partial charge in [0.25, 0.3) is 0 Å². The molecule has 1 aliphatic rings. The van der Waals surface area contributed by atoms with Crippen LogP contribution < -0.4 is 0 Å². The molecule has 1 rings (SSSR count). The summed E-state index contributed by atoms with van der Waals surface area (Å²) in [5.74, 6) is -0.282. The fourth-order valence-corrected chi connectivity index (χ4v) is 1.10. The van der Waals surface area contributed by atoms with Crippen molar-refractivity contribution in [1.29, 1.82) is 0 Å². The molecule has 1 fully saturated rings. The van der Waals surface area contributed by atoms with Crippen LogP contribution in [0.4, 0.5) is 4.39 Å². The van der Waals surface area contributed by atoms with Gasteiger partial charge in [-0.25, -0.2) is 4.39 Å². The van der Waals surface area contributed by atoms with E-state index >= 15 is 0 Å². The van der Waals surface area contributed by atoms with Gasteiger partial charge in [-0.2, -0.15) is 0 Å². The number of carbonyl (C=O) groups is 1. The van der Waals surface area contributed by atoms with Crippen molar-refractivity contribution in [3.8, 4) is 0 Å². The molecule has 0 amide bonds. The molecule has 0 radical (unpaired) electrons. The van der Waals surface area contributed by atoms with Gasteiger partial charge in [0.05, 0.1) is 0 Å². The van der Waals surface area contributed by atoms with E-state index in [1.54, 1.807) is 0 Å². The zero-order valence-electron chi connectivity index (χ0n) is 4.64. The summed E-state index contributed by atoms with van der Waals surface area (Å²) in [4.78, 5) is 9.98. The van der Waals surface area contributed by atoms with Crippen LogP contribution in [0.5, 0.6) is 0 Å². The topological polar surface area (TPSA) is 17.1 Å². The smallest absolute Gasteiger partial charge is 0.125 e. The van der Waals surface area contributed by atoms with Crippen LogP contribution in [0.25, 0.3) is 0 Å². The summed E-state index contributed by atoms with van der Waals surface area (Å²) in [6, 6.07) is 0. The number of rotatable bonds is 1. The van der Waals surface area contributed by atoms with E-state index in [9.17, 15) is 9.18 Å². The molecule has 2 atom stereocenters. The summed E-state index contributed by atoms with van der Waals surface area (Å²) < 4.78 is 12.4. The van der Waals surface area contributed by atoms with E-state index in [4.69, 9.17) is 0 Å². The van der Waals surface area contributed by atoms with Gasteiger partial charge in [0.15, 0.2) is 0 Å². The molecule has 0 aromatic rings. The first-order valence-corrected chi connectivity index (χ1v) is 2.94. The van der Waals surface area contributed by atoms with Crippen molar-refractivity contribution in [3.05, 3.63) is 0 Å². The van der Waals surface area contributed by atoms with Crippen LogP contribution in [0.3, 0.4) is 0 Å². The molecule has 0 heterocycles. The summed E-state index contributed by atoms with van der Waals surface area (Å²) in [6.07, 6.45) is 2.11. The highest BCUT2D eigenvalue weighted by atomic mass is 19.1. The lowest BCUT2D eigenvalue weighted by Gasteiger charge is -1.99. The Hall–Kier alpha value is -0.400. The highest BCUT2D eigenvalue weighted by Crippen LogP contribution is 2.25. The first-order chi connectivity index (χ1) is 3.84. The van der Waals surface area contributed by atoms with E-state index in [-0.39, 0.29) is 5.92 Å². The second kappa shape index (κ2) is 2.25. The van der Waals surface area contributed by atoms with E-state index in [0.29, 0.717) is 6.42 Å². The van der Waals surface area contributed by atoms with Crippen LogP contribution in [0.1, 0.15) is 19.3 Å². The third kappa shape index (κ3) is 0.881. The molecule has 1 nitrogen and oxygen atoms in total. The molecule has 1 aliphatic carbocycles. The Kier molecular flexibility index (Phi) is 1.61. The fourth-order valence-electron chi connectivity index (χ4n) is 1.10. The third-order valence-corrected chi connectivity index (χ3v) is 1.66. The van der Waals surface area contributed by atoms with Crippen molar-refractivity contribution in [3.63, 3.8) is 0 Å². The minimum absolute atomic E-state index is 0.282. The number of carbonyl (C=O) groups excluding carboxylic acids is 1. The monoisotopic (exact) mass is 116 g/mol. The lowest BCUT2D eigenvalue weighted by molar-refractivity contribution is -0.112. The summed E-state index contributed by atoms with van der Waals surface area (Å²) in [6.45, 7) is 0. The molecule has 46 valence electrons. The van der Waals surface area contributed by atoms with Crippen molar-refractivity contribution in [2.24, 2.45) is 5.92 Å². The van der Waals surface area contributed by atoms with Gasteiger partial charge < -0.3 is 4.79 Å². The summed E-state index contributed by atoms with van der Waals surface area (Å²) in [5, 5.41) is 0. The summed E-state index contributed by atoms with van der Waals surface area (Å²) >= 11 is 0. The number of halogens is 1. The second-order valence-electron chi connectivity index (χ2n) is 2.25. The van der Waals surface area contributed by atoms with Crippen molar-refractivity contribution < 1.29 is 9.18 Å². The first-order valence-electron chi connectivity index (χ1n) is 2.94. The third-order valence-electron chi connectivity index (χ3n) is 1.66. The summed E-state index contributed by atoms with van der Waals surface area (Å²) in [7, 11) is 0. The van der Waals surface area contributed by atoms with E-state index in [2.05, 4.69) is 0 Å². The summed E-state index contributed by atoms with van der Waals surface area (Å²) in [5.41, 5.74) is 0. The Morgan fingerprint density at radius 1 is 1.50 bits per heavy atom. The van der Waals surface area contributed by atoms with E-state index in [1.807, 2.05) is 0 Å². The standard InChI is InChI=1S/C6H9FO/c7-6-3-1-2-5(6)4-8/h4-6H,1-3H2. The van der Waals surface area contributed by atoms with Gasteiger partial charge in [0.1, 0.15) is 12.5 Å². The Bertz CT molecular complexity index is 92.5. The van der Waals surface area contributed by atoms with Crippen LogP contribution in [-0.4, -0.2) is 12.5 Å². The van der Waals surface area contributed by atoms with Gasteiger partial charge in [-0.15, -0.1) is 0 Å². The maximum Gasteiger partial charge on any atom is 0.125 e. The molecular formula is C6H9FO. The molecule has 0 bridgehead atoms. The van der Waals surface area contributed by atoms with E-state index in [1.165, 1.54) is 0 Å². The van der Waals surface area contributed by atoms with E-state index < -0.39 is 6.17 Å². The van der Waals surface area contributed by atoms with Crippen molar-refractivity contribution in [2.75, 3.05) is 0 Å². The van der Waals surface area contributed by atoms with Crippen molar-refractivity contribution >= 4 is 6.29 Å². The van der Waals surface area contributed by atoms with Crippen LogP contribution >= 0.6 is 0 Å². The molecule has 8 heavy (non-hydrogen) atoms. The molecule has 0 aromatic heterocycles. The normalized spacial score (nSPS) is 37.6. The molecule has 1 saturated carbocycles. The van der Waals surface area contributed by atoms with Gasteiger partial charge in [-0.05, 0) is 19.3 Å². The number of hydrogen-bond acceptors (Lipinski definition) is 1. The van der Waals surface area contributed by atoms with Crippen LogP contribution in [0, 0.1) is 5.92 Å². The Balaban J connectivity index is 2.41. The number of alkyl halides is 1. The van der Waals surface area contributed by atoms with Gasteiger partial charge in [-0.1, -0.05) is 0 Å². The SMILES string of the molecule is O=CC1CCCC1F. The molecule has 0 aliphatic heterocycles. The lowest BCUT2D eigenvalue weighted by atomic mass is 10.1. The first kappa shape index (κ1) is 5.73. The van der Waals surface area contributed by atoms with Gasteiger partial charge >= 0.3 is 0 Å². The Labute approximate surface area is 47.9 Å². The molecule has 0 saturated heterocycles. The van der Waals surface area contributed by atoms with E-state index in [0.717, 1.165) is 19.1 Å². The molecule has 2 heteroatoms. The molecule has 0 N–H and O–H groups in total. The second-order valence-corrected chi connectivity index (χ2v) is 2.25. The minimum Gasteiger partial charge on any atom is -0.303 e. The zero-order valence-corrected chi connectivity index (χ0v) is 4.64. The Morgan fingerprint density at radius 2 is 2.25 bits per heavy atom. The number of aldehydes is 1.